The van der Waals surface area contributed by atoms with Crippen molar-refractivity contribution in [3.05, 3.63) is 39.9 Å². The average Bonchev–Trinajstić information content (AvgIpc) is 3.30. The molecular formula is C28H36N4O5S. The third-order valence-electron chi connectivity index (χ3n) is 6.75. The Morgan fingerprint density at radius 1 is 1.18 bits per heavy atom. The number of ether oxygens (including phenoxy) is 3. The van der Waals surface area contributed by atoms with E-state index in [0.29, 0.717) is 42.4 Å². The second-order valence-corrected chi connectivity index (χ2v) is 9.91. The largest absolute Gasteiger partial charge is 0.493 e. The first-order valence-electron chi connectivity index (χ1n) is 12.9. The van der Waals surface area contributed by atoms with Crippen molar-refractivity contribution < 1.29 is 23.8 Å². The Labute approximate surface area is 227 Å². The van der Waals surface area contributed by atoms with Gasteiger partial charge in [0.2, 0.25) is 0 Å². The second kappa shape index (κ2) is 12.6. The summed E-state index contributed by atoms with van der Waals surface area (Å²) < 4.78 is 16.7. The molecule has 1 aromatic carbocycles. The topological polar surface area (TPSA) is 85.7 Å². The van der Waals surface area contributed by atoms with Crippen LogP contribution in [0.3, 0.4) is 0 Å². The highest BCUT2D eigenvalue weighted by atomic mass is 32.1. The number of aromatic nitrogens is 1. The third kappa shape index (κ3) is 5.48. The van der Waals surface area contributed by atoms with Gasteiger partial charge < -0.3 is 19.0 Å². The maximum atomic E-state index is 13.6. The number of fused-ring (bicyclic) bond motifs is 3. The number of rotatable bonds is 11. The first-order valence-corrected chi connectivity index (χ1v) is 13.7. The molecule has 38 heavy (non-hydrogen) atoms. The van der Waals surface area contributed by atoms with E-state index in [9.17, 15) is 4.79 Å². The molecule has 0 aliphatic carbocycles. The van der Waals surface area contributed by atoms with Crippen molar-refractivity contribution in [1.29, 1.82) is 0 Å². The lowest BCUT2D eigenvalue weighted by atomic mass is 9.91. The minimum Gasteiger partial charge on any atom is -0.493 e. The zero-order valence-electron chi connectivity index (χ0n) is 23.0. The molecule has 0 N–H and O–H groups in total. The van der Waals surface area contributed by atoms with Crippen LogP contribution in [0.4, 0.5) is 0 Å². The van der Waals surface area contributed by atoms with Crippen molar-refractivity contribution in [2.24, 2.45) is 4.99 Å². The number of hydroxylamine groups is 2. The lowest BCUT2D eigenvalue weighted by Gasteiger charge is -2.25. The SMILES string of the molecule is CCOC(=O)c1c(CN(CC)CC)nc2sc3c(c2c1-c1ccc(OC)c(OC)c1)CCN(OC=NC)C3. The zero-order chi connectivity index (χ0) is 27.2. The standard InChI is InChI=1S/C28H36N4O5S/c1-7-31(8-2)15-20-26(28(33)36-9-3)24(18-10-11-21(34-5)22(14-18)35-6)25-19-12-13-32(37-17-29-4)16-23(19)38-27(25)30-20/h10-11,14,17H,7-9,12-13,15-16H2,1-6H3. The molecule has 3 heterocycles. The van der Waals surface area contributed by atoms with E-state index < -0.39 is 0 Å². The van der Waals surface area contributed by atoms with Gasteiger partial charge in [-0.15, -0.1) is 16.4 Å². The number of thiophene rings is 1. The number of nitrogens with zero attached hydrogens (tertiary/aromatic N) is 4. The molecule has 4 rings (SSSR count). The molecule has 1 aliphatic heterocycles. The normalized spacial score (nSPS) is 13.8. The van der Waals surface area contributed by atoms with Gasteiger partial charge in [-0.2, -0.15) is 0 Å². The number of methoxy groups -OCH3 is 2. The van der Waals surface area contributed by atoms with Crippen LogP contribution in [0.1, 0.15) is 47.3 Å². The van der Waals surface area contributed by atoms with Crippen LogP contribution in [-0.4, -0.2) is 74.8 Å². The molecule has 0 fully saturated rings. The number of aliphatic imine (C=N–C) groups is 1. The molecule has 9 nitrogen and oxygen atoms in total. The van der Waals surface area contributed by atoms with Crippen LogP contribution in [0.25, 0.3) is 21.3 Å². The molecule has 10 heteroatoms. The maximum absolute atomic E-state index is 13.6. The van der Waals surface area contributed by atoms with E-state index in [-0.39, 0.29) is 12.6 Å². The van der Waals surface area contributed by atoms with Crippen LogP contribution in [0.2, 0.25) is 0 Å². The Bertz CT molecular complexity index is 1320. The van der Waals surface area contributed by atoms with Gasteiger partial charge in [0.15, 0.2) is 17.9 Å². The first-order chi connectivity index (χ1) is 18.5. The number of hydrogen-bond donors (Lipinski definition) is 0. The predicted molar refractivity (Wildman–Crippen MR) is 150 cm³/mol. The molecule has 0 unspecified atom stereocenters. The number of carbonyl (C=O) groups is 1. The Morgan fingerprint density at radius 3 is 2.61 bits per heavy atom. The van der Waals surface area contributed by atoms with E-state index in [1.807, 2.05) is 30.2 Å². The molecule has 204 valence electrons. The summed E-state index contributed by atoms with van der Waals surface area (Å²) in [5.74, 6) is 0.853. The minimum atomic E-state index is -0.367. The van der Waals surface area contributed by atoms with Crippen LogP contribution in [0, 0.1) is 0 Å². The van der Waals surface area contributed by atoms with Crippen LogP contribution < -0.4 is 9.47 Å². The molecule has 0 saturated carbocycles. The van der Waals surface area contributed by atoms with E-state index in [2.05, 4.69) is 23.7 Å². The number of pyridine rings is 1. The molecule has 0 spiro atoms. The molecule has 0 amide bonds. The summed E-state index contributed by atoms with van der Waals surface area (Å²) in [5.41, 5.74) is 4.11. The molecule has 0 bridgehead atoms. The maximum Gasteiger partial charge on any atom is 0.340 e. The Hall–Kier alpha value is -3.21. The zero-order valence-corrected chi connectivity index (χ0v) is 23.8. The summed E-state index contributed by atoms with van der Waals surface area (Å²) in [6, 6.07) is 5.77. The number of carbonyl (C=O) groups excluding carboxylic acids is 1. The first kappa shape index (κ1) is 27.8. The van der Waals surface area contributed by atoms with Gasteiger partial charge in [0, 0.05) is 36.0 Å². The molecule has 1 aliphatic rings. The quantitative estimate of drug-likeness (QED) is 0.192. The van der Waals surface area contributed by atoms with Crippen molar-refractivity contribution in [3.8, 4) is 22.6 Å². The van der Waals surface area contributed by atoms with Gasteiger partial charge >= 0.3 is 5.97 Å². The van der Waals surface area contributed by atoms with Crippen LogP contribution >= 0.6 is 11.3 Å². The fraction of sp³-hybridized carbons (Fsp3) is 0.464. The third-order valence-corrected chi connectivity index (χ3v) is 7.86. The molecule has 0 radical (unpaired) electrons. The second-order valence-electron chi connectivity index (χ2n) is 8.83. The monoisotopic (exact) mass is 540 g/mol. The van der Waals surface area contributed by atoms with Gasteiger partial charge in [0.25, 0.3) is 0 Å². The van der Waals surface area contributed by atoms with E-state index in [4.69, 9.17) is 24.0 Å². The molecule has 3 aromatic rings. The summed E-state index contributed by atoms with van der Waals surface area (Å²) in [6.07, 6.45) is 2.21. The summed E-state index contributed by atoms with van der Waals surface area (Å²) in [5, 5.41) is 2.89. The smallest absolute Gasteiger partial charge is 0.340 e. The Balaban J connectivity index is 2.02. The van der Waals surface area contributed by atoms with E-state index in [1.165, 1.54) is 16.8 Å². The van der Waals surface area contributed by atoms with Gasteiger partial charge in [0.1, 0.15) is 4.83 Å². The van der Waals surface area contributed by atoms with Gasteiger partial charge in [0.05, 0.1) is 38.6 Å². The van der Waals surface area contributed by atoms with Crippen LogP contribution in [0.5, 0.6) is 11.5 Å². The van der Waals surface area contributed by atoms with E-state index >= 15 is 0 Å². The summed E-state index contributed by atoms with van der Waals surface area (Å²) in [7, 11) is 4.91. The van der Waals surface area contributed by atoms with Crippen molar-refractivity contribution in [3.63, 3.8) is 0 Å². The Morgan fingerprint density at radius 2 is 1.95 bits per heavy atom. The van der Waals surface area contributed by atoms with Gasteiger partial charge in [-0.25, -0.2) is 9.78 Å². The molecular weight excluding hydrogens is 504 g/mol. The summed E-state index contributed by atoms with van der Waals surface area (Å²) in [4.78, 5) is 32.7. The van der Waals surface area contributed by atoms with Crippen molar-refractivity contribution >= 4 is 33.9 Å². The van der Waals surface area contributed by atoms with Gasteiger partial charge in [-0.1, -0.05) is 19.9 Å². The number of esters is 1. The lowest BCUT2D eigenvalue weighted by molar-refractivity contribution is -0.0776. The number of hydrogen-bond acceptors (Lipinski definition) is 10. The van der Waals surface area contributed by atoms with Gasteiger partial charge in [-0.05, 0) is 49.7 Å². The van der Waals surface area contributed by atoms with Crippen molar-refractivity contribution in [2.45, 2.75) is 40.3 Å². The van der Waals surface area contributed by atoms with E-state index in [0.717, 1.165) is 40.9 Å². The number of benzene rings is 1. The highest BCUT2D eigenvalue weighted by Gasteiger charge is 2.30. The average molecular weight is 541 g/mol. The fourth-order valence-corrected chi connectivity index (χ4v) is 6.08. The predicted octanol–water partition coefficient (Wildman–Crippen LogP) is 4.95. The van der Waals surface area contributed by atoms with Crippen LogP contribution in [0.15, 0.2) is 23.2 Å². The molecule has 2 aromatic heterocycles. The Kier molecular flexibility index (Phi) is 9.19. The minimum absolute atomic E-state index is 0.278. The van der Waals surface area contributed by atoms with Crippen molar-refractivity contribution in [1.82, 2.24) is 14.9 Å². The lowest BCUT2D eigenvalue weighted by Crippen LogP contribution is -2.29. The van der Waals surface area contributed by atoms with E-state index in [1.54, 1.807) is 32.6 Å². The molecule has 0 saturated heterocycles. The summed E-state index contributed by atoms with van der Waals surface area (Å²) >= 11 is 1.65. The highest BCUT2D eigenvalue weighted by molar-refractivity contribution is 7.19. The van der Waals surface area contributed by atoms with Crippen molar-refractivity contribution in [2.75, 3.05) is 47.5 Å². The fourth-order valence-electron chi connectivity index (χ4n) is 4.83. The van der Waals surface area contributed by atoms with Gasteiger partial charge in [-0.3, -0.25) is 9.89 Å². The molecule has 0 atom stereocenters. The van der Waals surface area contributed by atoms with Crippen LogP contribution in [-0.2, 0) is 29.1 Å². The highest BCUT2D eigenvalue weighted by Crippen LogP contribution is 2.44. The summed E-state index contributed by atoms with van der Waals surface area (Å²) in [6.45, 7) is 9.87.